The van der Waals surface area contributed by atoms with Gasteiger partial charge in [0.05, 0.1) is 0 Å². The van der Waals surface area contributed by atoms with Gasteiger partial charge in [-0.05, 0) is 31.7 Å². The van der Waals surface area contributed by atoms with Gasteiger partial charge >= 0.3 is 5.97 Å². The lowest BCUT2D eigenvalue weighted by Crippen LogP contribution is -2.22. The van der Waals surface area contributed by atoms with E-state index in [4.69, 9.17) is 15.0 Å². The molecule has 0 spiro atoms. The molecule has 1 unspecified atom stereocenters. The van der Waals surface area contributed by atoms with Crippen LogP contribution in [0.4, 0.5) is 0 Å². The van der Waals surface area contributed by atoms with Crippen LogP contribution in [0.5, 0.6) is 0 Å². The average molecular weight is 306 g/mol. The molecule has 0 aliphatic heterocycles. The Morgan fingerprint density at radius 2 is 2.05 bits per heavy atom. The van der Waals surface area contributed by atoms with Crippen LogP contribution in [-0.2, 0) is 9.53 Å². The Labute approximate surface area is 125 Å². The fourth-order valence-corrected chi connectivity index (χ4v) is 1.94. The van der Waals surface area contributed by atoms with E-state index in [1.165, 1.54) is 0 Å². The molecule has 1 heterocycles. The first-order valence-corrected chi connectivity index (χ1v) is 6.62. The minimum absolute atomic E-state index is 0. The van der Waals surface area contributed by atoms with Gasteiger partial charge in [-0.2, -0.15) is 4.98 Å². The highest BCUT2D eigenvalue weighted by Crippen LogP contribution is 2.18. The van der Waals surface area contributed by atoms with Crippen LogP contribution in [-0.4, -0.2) is 22.7 Å². The molecule has 0 aromatic carbocycles. The van der Waals surface area contributed by atoms with Gasteiger partial charge in [-0.1, -0.05) is 19.0 Å². The molecular formula is C13H24ClN3O3. The van der Waals surface area contributed by atoms with E-state index in [0.717, 1.165) is 6.42 Å². The summed E-state index contributed by atoms with van der Waals surface area (Å²) in [4.78, 5) is 15.9. The lowest BCUT2D eigenvalue weighted by atomic mass is 9.94. The molecule has 20 heavy (non-hydrogen) atoms. The van der Waals surface area contributed by atoms with E-state index in [1.54, 1.807) is 13.8 Å². The molecule has 6 nitrogen and oxygen atoms in total. The highest BCUT2D eigenvalue weighted by Gasteiger charge is 2.20. The van der Waals surface area contributed by atoms with Crippen molar-refractivity contribution in [3.05, 3.63) is 11.7 Å². The summed E-state index contributed by atoms with van der Waals surface area (Å²) in [5, 5.41) is 3.73. The number of ether oxygens (including phenoxy) is 1. The van der Waals surface area contributed by atoms with Gasteiger partial charge in [-0.25, -0.2) is 0 Å². The molecular weight excluding hydrogens is 282 g/mol. The first-order valence-electron chi connectivity index (χ1n) is 6.62. The summed E-state index contributed by atoms with van der Waals surface area (Å²) in [7, 11) is 0. The van der Waals surface area contributed by atoms with Crippen molar-refractivity contribution in [2.45, 2.75) is 46.6 Å². The number of carbonyl (C=O) groups excluding carboxylic acids is 1. The number of hydrogen-bond acceptors (Lipinski definition) is 6. The summed E-state index contributed by atoms with van der Waals surface area (Å²) in [5.74, 6) is 1.24. The van der Waals surface area contributed by atoms with E-state index in [-0.39, 0.29) is 24.3 Å². The molecule has 1 aromatic heterocycles. The van der Waals surface area contributed by atoms with Crippen LogP contribution in [0.15, 0.2) is 4.52 Å². The summed E-state index contributed by atoms with van der Waals surface area (Å²) in [6, 6.07) is 0. The predicted molar refractivity (Wildman–Crippen MR) is 77.4 cm³/mol. The Bertz CT molecular complexity index is 409. The van der Waals surface area contributed by atoms with Crippen molar-refractivity contribution in [1.29, 1.82) is 0 Å². The normalized spacial score (nSPS) is 13.7. The third-order valence-corrected chi connectivity index (χ3v) is 2.81. The van der Waals surface area contributed by atoms with Crippen molar-refractivity contribution in [2.75, 3.05) is 6.54 Å². The van der Waals surface area contributed by atoms with Gasteiger partial charge < -0.3 is 15.0 Å². The number of esters is 1. The van der Waals surface area contributed by atoms with E-state index in [0.29, 0.717) is 30.6 Å². The molecule has 0 saturated heterocycles. The largest absolute Gasteiger partial charge is 0.454 e. The smallest absolute Gasteiger partial charge is 0.306 e. The van der Waals surface area contributed by atoms with Crippen molar-refractivity contribution in [3.63, 3.8) is 0 Å². The lowest BCUT2D eigenvalue weighted by Gasteiger charge is -2.17. The Morgan fingerprint density at radius 1 is 1.40 bits per heavy atom. The second-order valence-corrected chi connectivity index (χ2v) is 5.24. The molecule has 0 amide bonds. The number of aromatic nitrogens is 2. The second kappa shape index (κ2) is 8.92. The Kier molecular flexibility index (Phi) is 8.41. The van der Waals surface area contributed by atoms with Crippen LogP contribution in [0.2, 0.25) is 0 Å². The maximum atomic E-state index is 11.8. The van der Waals surface area contributed by atoms with Crippen molar-refractivity contribution in [3.8, 4) is 0 Å². The fourth-order valence-electron chi connectivity index (χ4n) is 1.94. The number of carbonyl (C=O) groups is 1. The first-order chi connectivity index (χ1) is 8.92. The van der Waals surface area contributed by atoms with E-state index < -0.39 is 6.10 Å². The third kappa shape index (κ3) is 6.34. The van der Waals surface area contributed by atoms with Crippen LogP contribution < -0.4 is 5.73 Å². The SMILES string of the molecule is Cc1nc(C(C)OC(=O)C[C@@H](CN)CC(C)C)no1.Cl. The number of rotatable bonds is 7. The van der Waals surface area contributed by atoms with Crippen molar-refractivity contribution in [1.82, 2.24) is 10.1 Å². The predicted octanol–water partition coefficient (Wildman–Crippen LogP) is 2.42. The number of aryl methyl sites for hydroxylation is 1. The van der Waals surface area contributed by atoms with Crippen LogP contribution in [0.1, 0.15) is 51.4 Å². The number of nitrogens with two attached hydrogens (primary N) is 1. The molecule has 2 N–H and O–H groups in total. The van der Waals surface area contributed by atoms with Gasteiger partial charge in [-0.3, -0.25) is 4.79 Å². The summed E-state index contributed by atoms with van der Waals surface area (Å²) in [5.41, 5.74) is 5.67. The molecule has 0 saturated carbocycles. The molecule has 1 aromatic rings. The zero-order valence-corrected chi connectivity index (χ0v) is 13.3. The van der Waals surface area contributed by atoms with E-state index in [2.05, 4.69) is 24.0 Å². The first kappa shape index (κ1) is 18.9. The molecule has 0 bridgehead atoms. The highest BCUT2D eigenvalue weighted by atomic mass is 35.5. The van der Waals surface area contributed by atoms with Crippen LogP contribution in [0.25, 0.3) is 0 Å². The minimum atomic E-state index is -0.498. The maximum Gasteiger partial charge on any atom is 0.306 e. The molecule has 0 radical (unpaired) electrons. The van der Waals surface area contributed by atoms with Gasteiger partial charge in [0.15, 0.2) is 6.10 Å². The number of nitrogens with zero attached hydrogens (tertiary/aromatic N) is 2. The third-order valence-electron chi connectivity index (χ3n) is 2.81. The molecule has 0 aliphatic carbocycles. The standard InChI is InChI=1S/C13H23N3O3.ClH/c1-8(2)5-11(7-14)6-12(17)18-9(3)13-15-10(4)19-16-13;/h8-9,11H,5-7,14H2,1-4H3;1H/t9?,11-;/m0./s1. The van der Waals surface area contributed by atoms with E-state index >= 15 is 0 Å². The quantitative estimate of drug-likeness (QED) is 0.778. The average Bonchev–Trinajstić information content (AvgIpc) is 2.74. The molecule has 1 rings (SSSR count). The number of halogens is 1. The lowest BCUT2D eigenvalue weighted by molar-refractivity contribution is -0.150. The van der Waals surface area contributed by atoms with Gasteiger partial charge in [-0.15, -0.1) is 12.4 Å². The maximum absolute atomic E-state index is 11.8. The molecule has 0 fully saturated rings. The molecule has 7 heteroatoms. The van der Waals surface area contributed by atoms with Crippen molar-refractivity contribution >= 4 is 18.4 Å². The number of hydrogen-bond donors (Lipinski definition) is 1. The second-order valence-electron chi connectivity index (χ2n) is 5.24. The summed E-state index contributed by atoms with van der Waals surface area (Å²) in [6.07, 6.45) is 0.749. The monoisotopic (exact) mass is 305 g/mol. The molecule has 116 valence electrons. The highest BCUT2D eigenvalue weighted by molar-refractivity contribution is 5.85. The summed E-state index contributed by atoms with van der Waals surface area (Å²) < 4.78 is 10.1. The fraction of sp³-hybridized carbons (Fsp3) is 0.769. The topological polar surface area (TPSA) is 91.2 Å². The van der Waals surface area contributed by atoms with E-state index in [1.807, 2.05) is 0 Å². The zero-order valence-electron chi connectivity index (χ0n) is 12.5. The van der Waals surface area contributed by atoms with Crippen molar-refractivity contribution < 1.29 is 14.1 Å². The van der Waals surface area contributed by atoms with Crippen LogP contribution in [0, 0.1) is 18.8 Å². The van der Waals surface area contributed by atoms with E-state index in [9.17, 15) is 4.79 Å². The van der Waals surface area contributed by atoms with Crippen molar-refractivity contribution in [2.24, 2.45) is 17.6 Å². The molecule has 2 atom stereocenters. The Hall–Kier alpha value is -1.14. The van der Waals surface area contributed by atoms with Gasteiger partial charge in [0.1, 0.15) is 0 Å². The van der Waals surface area contributed by atoms with Crippen LogP contribution >= 0.6 is 12.4 Å². The summed E-state index contributed by atoms with van der Waals surface area (Å²) in [6.45, 7) is 8.13. The van der Waals surface area contributed by atoms with Crippen LogP contribution in [0.3, 0.4) is 0 Å². The zero-order chi connectivity index (χ0) is 14.4. The van der Waals surface area contributed by atoms with Gasteiger partial charge in [0.25, 0.3) is 0 Å². The van der Waals surface area contributed by atoms with Gasteiger partial charge in [0.2, 0.25) is 11.7 Å². The molecule has 0 aliphatic rings. The van der Waals surface area contributed by atoms with Gasteiger partial charge in [0, 0.05) is 13.3 Å². The Morgan fingerprint density at radius 3 is 2.50 bits per heavy atom. The summed E-state index contributed by atoms with van der Waals surface area (Å²) >= 11 is 0. The Balaban J connectivity index is 0.00000361. The minimum Gasteiger partial charge on any atom is -0.454 e.